The van der Waals surface area contributed by atoms with Crippen LogP contribution >= 0.6 is 0 Å². The van der Waals surface area contributed by atoms with E-state index >= 15 is 0 Å². The molecule has 0 aliphatic heterocycles. The number of hydrogen-bond acceptors (Lipinski definition) is 3. The Morgan fingerprint density at radius 2 is 2.06 bits per heavy atom. The predicted molar refractivity (Wildman–Crippen MR) is 73.2 cm³/mol. The highest BCUT2D eigenvalue weighted by Crippen LogP contribution is 2.26. The summed E-state index contributed by atoms with van der Waals surface area (Å²) >= 11 is 0. The van der Waals surface area contributed by atoms with E-state index in [1.54, 1.807) is 0 Å². The number of ether oxygens (including phenoxy) is 1. The molecule has 0 saturated carbocycles. The van der Waals surface area contributed by atoms with Crippen LogP contribution in [-0.2, 0) is 0 Å². The Labute approximate surface area is 107 Å². The molecule has 2 rings (SSSR count). The quantitative estimate of drug-likeness (QED) is 0.649. The lowest BCUT2D eigenvalue weighted by Gasteiger charge is -2.10. The first-order chi connectivity index (χ1) is 8.74. The highest BCUT2D eigenvalue weighted by Gasteiger charge is 2.05. The number of fused-ring (bicyclic) bond motifs is 1. The molecular weight excluding hydrogens is 226 g/mol. The van der Waals surface area contributed by atoms with Crippen LogP contribution in [0.4, 0.5) is 0 Å². The highest BCUT2D eigenvalue weighted by molar-refractivity contribution is 5.92. The summed E-state index contributed by atoms with van der Waals surface area (Å²) in [4.78, 5) is 11.1. The topological polar surface area (TPSA) is 52.3 Å². The Morgan fingerprint density at radius 3 is 2.78 bits per heavy atom. The molecule has 2 aromatic carbocycles. The van der Waals surface area contributed by atoms with Crippen LogP contribution in [0.15, 0.2) is 30.3 Å². The molecule has 0 atom stereocenters. The van der Waals surface area contributed by atoms with Gasteiger partial charge < -0.3 is 10.5 Å². The second kappa shape index (κ2) is 5.65. The summed E-state index contributed by atoms with van der Waals surface area (Å²) in [5.41, 5.74) is 7.20. The summed E-state index contributed by atoms with van der Waals surface area (Å²) in [6.45, 7) is 3.17. The van der Waals surface area contributed by atoms with Gasteiger partial charge in [0.05, 0.1) is 12.2 Å². The summed E-state index contributed by atoms with van der Waals surface area (Å²) in [6, 6.07) is 9.91. The molecular formula is C15H17NO2. The molecule has 2 N–H and O–H groups in total. The second-order valence-electron chi connectivity index (χ2n) is 4.35. The van der Waals surface area contributed by atoms with Crippen molar-refractivity contribution in [1.82, 2.24) is 0 Å². The molecule has 0 unspecified atom stereocenters. The van der Waals surface area contributed by atoms with Crippen LogP contribution < -0.4 is 10.5 Å². The van der Waals surface area contributed by atoms with Crippen LogP contribution in [0.2, 0.25) is 0 Å². The van der Waals surface area contributed by atoms with Crippen molar-refractivity contribution in [1.29, 1.82) is 0 Å². The van der Waals surface area contributed by atoms with E-state index < -0.39 is 0 Å². The zero-order valence-corrected chi connectivity index (χ0v) is 10.5. The lowest BCUT2D eigenvalue weighted by Crippen LogP contribution is -2.07. The van der Waals surface area contributed by atoms with Gasteiger partial charge in [-0.15, -0.1) is 0 Å². The number of carbonyl (C=O) groups excluding carboxylic acids is 1. The molecule has 0 aromatic heterocycles. The van der Waals surface area contributed by atoms with E-state index in [2.05, 4.69) is 6.07 Å². The number of rotatable bonds is 5. The van der Waals surface area contributed by atoms with Gasteiger partial charge in [-0.3, -0.25) is 4.79 Å². The smallest absolute Gasteiger partial charge is 0.153 e. The van der Waals surface area contributed by atoms with E-state index in [1.807, 2.05) is 31.2 Å². The Balaban J connectivity index is 2.40. The Hall–Kier alpha value is -1.87. The SMILES string of the molecule is Cc1ccc2cc(C=O)c(OCCCN)cc2c1. The maximum absolute atomic E-state index is 11.1. The van der Waals surface area contributed by atoms with Gasteiger partial charge in [-0.25, -0.2) is 0 Å². The van der Waals surface area contributed by atoms with Crippen molar-refractivity contribution in [3.63, 3.8) is 0 Å². The minimum Gasteiger partial charge on any atom is -0.493 e. The minimum absolute atomic E-state index is 0.536. The number of carbonyl (C=O) groups is 1. The van der Waals surface area contributed by atoms with Crippen LogP contribution in [0, 0.1) is 6.92 Å². The third kappa shape index (κ3) is 2.68. The third-order valence-corrected chi connectivity index (χ3v) is 2.86. The predicted octanol–water partition coefficient (Wildman–Crippen LogP) is 2.69. The van der Waals surface area contributed by atoms with Crippen molar-refractivity contribution < 1.29 is 9.53 Å². The van der Waals surface area contributed by atoms with Gasteiger partial charge in [0.15, 0.2) is 6.29 Å². The van der Waals surface area contributed by atoms with Gasteiger partial charge in [-0.2, -0.15) is 0 Å². The first-order valence-electron chi connectivity index (χ1n) is 6.07. The highest BCUT2D eigenvalue weighted by atomic mass is 16.5. The number of aldehydes is 1. The molecule has 0 fully saturated rings. The lowest BCUT2D eigenvalue weighted by atomic mass is 10.0. The minimum atomic E-state index is 0.536. The standard InChI is InChI=1S/C15H17NO2/c1-11-3-4-12-8-14(10-17)15(9-13(12)7-11)18-6-2-5-16/h3-4,7-10H,2,5-6,16H2,1H3. The maximum Gasteiger partial charge on any atom is 0.153 e. The molecule has 2 aromatic rings. The summed E-state index contributed by atoms with van der Waals surface area (Å²) in [5.74, 6) is 0.636. The van der Waals surface area contributed by atoms with Gasteiger partial charge in [0, 0.05) is 0 Å². The Kier molecular flexibility index (Phi) is 3.95. The first kappa shape index (κ1) is 12.6. The molecule has 0 saturated heterocycles. The summed E-state index contributed by atoms with van der Waals surface area (Å²) in [5, 5.41) is 2.14. The molecule has 0 amide bonds. The van der Waals surface area contributed by atoms with E-state index in [0.717, 1.165) is 23.5 Å². The van der Waals surface area contributed by atoms with Crippen molar-refractivity contribution in [2.45, 2.75) is 13.3 Å². The Bertz CT molecular complexity index is 564. The van der Waals surface area contributed by atoms with Crippen LogP contribution in [0.25, 0.3) is 10.8 Å². The molecule has 3 heteroatoms. The fraction of sp³-hybridized carbons (Fsp3) is 0.267. The average Bonchev–Trinajstić information content (AvgIpc) is 2.38. The maximum atomic E-state index is 11.1. The fourth-order valence-corrected chi connectivity index (χ4v) is 1.90. The third-order valence-electron chi connectivity index (χ3n) is 2.86. The monoisotopic (exact) mass is 243 g/mol. The normalized spacial score (nSPS) is 10.6. The Morgan fingerprint density at radius 1 is 1.22 bits per heavy atom. The van der Waals surface area contributed by atoms with Gasteiger partial charge in [-0.1, -0.05) is 23.8 Å². The van der Waals surface area contributed by atoms with E-state index in [1.165, 1.54) is 5.56 Å². The molecule has 0 aliphatic carbocycles. The fourth-order valence-electron chi connectivity index (χ4n) is 1.90. The lowest BCUT2D eigenvalue weighted by molar-refractivity contribution is 0.111. The average molecular weight is 243 g/mol. The van der Waals surface area contributed by atoms with Gasteiger partial charge in [0.1, 0.15) is 5.75 Å². The van der Waals surface area contributed by atoms with Crippen LogP contribution in [0.1, 0.15) is 22.3 Å². The number of nitrogens with two attached hydrogens (primary N) is 1. The zero-order chi connectivity index (χ0) is 13.0. The van der Waals surface area contributed by atoms with Crippen molar-refractivity contribution in [2.24, 2.45) is 5.73 Å². The van der Waals surface area contributed by atoms with E-state index in [4.69, 9.17) is 10.5 Å². The van der Waals surface area contributed by atoms with Crippen molar-refractivity contribution in [3.05, 3.63) is 41.5 Å². The largest absolute Gasteiger partial charge is 0.493 e. The molecule has 0 spiro atoms. The number of benzene rings is 2. The van der Waals surface area contributed by atoms with Gasteiger partial charge in [0.2, 0.25) is 0 Å². The molecule has 94 valence electrons. The van der Waals surface area contributed by atoms with E-state index in [0.29, 0.717) is 24.5 Å². The molecule has 0 bridgehead atoms. The molecule has 0 aliphatic rings. The number of hydrogen-bond donors (Lipinski definition) is 1. The number of aryl methyl sites for hydroxylation is 1. The summed E-state index contributed by atoms with van der Waals surface area (Å²) in [6.07, 6.45) is 1.61. The van der Waals surface area contributed by atoms with Gasteiger partial charge in [0.25, 0.3) is 0 Å². The molecule has 3 nitrogen and oxygen atoms in total. The van der Waals surface area contributed by atoms with E-state index in [-0.39, 0.29) is 0 Å². The molecule has 18 heavy (non-hydrogen) atoms. The van der Waals surface area contributed by atoms with Crippen molar-refractivity contribution >= 4 is 17.1 Å². The van der Waals surface area contributed by atoms with Gasteiger partial charge >= 0.3 is 0 Å². The van der Waals surface area contributed by atoms with Crippen molar-refractivity contribution in [2.75, 3.05) is 13.2 Å². The summed E-state index contributed by atoms with van der Waals surface area (Å²) < 4.78 is 5.61. The molecule has 0 heterocycles. The zero-order valence-electron chi connectivity index (χ0n) is 10.5. The molecule has 0 radical (unpaired) electrons. The van der Waals surface area contributed by atoms with Crippen LogP contribution in [-0.4, -0.2) is 19.4 Å². The van der Waals surface area contributed by atoms with Gasteiger partial charge in [-0.05, 0) is 42.8 Å². The second-order valence-corrected chi connectivity index (χ2v) is 4.35. The van der Waals surface area contributed by atoms with Crippen molar-refractivity contribution in [3.8, 4) is 5.75 Å². The van der Waals surface area contributed by atoms with Crippen LogP contribution in [0.3, 0.4) is 0 Å². The first-order valence-corrected chi connectivity index (χ1v) is 6.07. The van der Waals surface area contributed by atoms with E-state index in [9.17, 15) is 4.79 Å². The summed E-state index contributed by atoms with van der Waals surface area (Å²) in [7, 11) is 0. The van der Waals surface area contributed by atoms with Crippen LogP contribution in [0.5, 0.6) is 5.75 Å².